The second kappa shape index (κ2) is 4.33. The number of nitrogens with one attached hydrogen (secondary N) is 1. The minimum Gasteiger partial charge on any atom is -0.316 e. The minimum atomic E-state index is 0.373. The van der Waals surface area contributed by atoms with E-state index in [0.29, 0.717) is 28.4 Å². The average molecular weight is 249 g/mol. The summed E-state index contributed by atoms with van der Waals surface area (Å²) in [6.07, 6.45) is 8.66. The molecule has 3 aliphatic rings. The van der Waals surface area contributed by atoms with Crippen LogP contribution in [-0.2, 0) is 4.79 Å². The van der Waals surface area contributed by atoms with E-state index in [1.165, 1.54) is 38.5 Å². The van der Waals surface area contributed by atoms with Gasteiger partial charge in [0.05, 0.1) is 0 Å². The highest BCUT2D eigenvalue weighted by molar-refractivity contribution is 5.85. The number of piperidine rings is 1. The zero-order valence-corrected chi connectivity index (χ0v) is 11.9. The Morgan fingerprint density at radius 1 is 1.22 bits per heavy atom. The van der Waals surface area contributed by atoms with Gasteiger partial charge in [0.1, 0.15) is 5.78 Å². The van der Waals surface area contributed by atoms with E-state index < -0.39 is 0 Å². The zero-order chi connectivity index (χ0) is 12.8. The van der Waals surface area contributed by atoms with Crippen molar-refractivity contribution in [2.45, 2.75) is 58.8 Å². The van der Waals surface area contributed by atoms with Crippen molar-refractivity contribution in [3.63, 3.8) is 0 Å². The van der Waals surface area contributed by atoms with Crippen molar-refractivity contribution in [2.24, 2.45) is 22.7 Å². The largest absolute Gasteiger partial charge is 0.316 e. The van der Waals surface area contributed by atoms with Gasteiger partial charge in [-0.15, -0.1) is 0 Å². The maximum absolute atomic E-state index is 12.4. The van der Waals surface area contributed by atoms with Crippen LogP contribution >= 0.6 is 0 Å². The van der Waals surface area contributed by atoms with Gasteiger partial charge in [0.15, 0.2) is 0 Å². The fourth-order valence-corrected chi connectivity index (χ4v) is 4.55. The van der Waals surface area contributed by atoms with E-state index in [4.69, 9.17) is 0 Å². The van der Waals surface area contributed by atoms with Gasteiger partial charge in [-0.3, -0.25) is 4.79 Å². The third-order valence-electron chi connectivity index (χ3n) is 5.55. The van der Waals surface area contributed by atoms with Gasteiger partial charge in [-0.05, 0) is 49.0 Å². The first-order valence-corrected chi connectivity index (χ1v) is 7.74. The molecule has 1 saturated heterocycles. The van der Waals surface area contributed by atoms with Crippen LogP contribution in [-0.4, -0.2) is 18.9 Å². The highest BCUT2D eigenvalue weighted by Crippen LogP contribution is 2.63. The van der Waals surface area contributed by atoms with Crippen LogP contribution in [0.15, 0.2) is 0 Å². The van der Waals surface area contributed by atoms with Crippen molar-refractivity contribution in [1.29, 1.82) is 0 Å². The quantitative estimate of drug-likeness (QED) is 0.832. The van der Waals surface area contributed by atoms with Crippen LogP contribution < -0.4 is 5.32 Å². The van der Waals surface area contributed by atoms with Crippen LogP contribution in [0.4, 0.5) is 0 Å². The van der Waals surface area contributed by atoms with Gasteiger partial charge in [0, 0.05) is 18.9 Å². The predicted molar refractivity (Wildman–Crippen MR) is 73.4 cm³/mol. The molecule has 0 aromatic carbocycles. The molecule has 18 heavy (non-hydrogen) atoms. The van der Waals surface area contributed by atoms with Crippen LogP contribution in [0.3, 0.4) is 0 Å². The molecule has 2 heteroatoms. The van der Waals surface area contributed by atoms with E-state index in [2.05, 4.69) is 19.2 Å². The third kappa shape index (κ3) is 2.36. The molecule has 0 bridgehead atoms. The minimum absolute atomic E-state index is 0.373. The van der Waals surface area contributed by atoms with Gasteiger partial charge in [0.25, 0.3) is 0 Å². The molecule has 2 atom stereocenters. The molecule has 2 aliphatic carbocycles. The van der Waals surface area contributed by atoms with Gasteiger partial charge in [-0.1, -0.05) is 26.7 Å². The molecule has 0 aromatic heterocycles. The molecular weight excluding hydrogens is 222 g/mol. The molecule has 1 heterocycles. The molecular formula is C16H27NO. The van der Waals surface area contributed by atoms with E-state index in [0.717, 1.165) is 19.5 Å². The number of hydrogen-bond donors (Lipinski definition) is 1. The lowest BCUT2D eigenvalue weighted by molar-refractivity contribution is -0.122. The summed E-state index contributed by atoms with van der Waals surface area (Å²) in [4.78, 5) is 12.4. The van der Waals surface area contributed by atoms with Crippen LogP contribution in [0, 0.1) is 22.7 Å². The van der Waals surface area contributed by atoms with Gasteiger partial charge >= 0.3 is 0 Å². The number of rotatable bonds is 3. The highest BCUT2D eigenvalue weighted by Gasteiger charge is 2.58. The fraction of sp³-hybridized carbons (Fsp3) is 0.938. The number of ketones is 1. The first-order valence-electron chi connectivity index (χ1n) is 7.74. The van der Waals surface area contributed by atoms with Crippen molar-refractivity contribution >= 4 is 5.78 Å². The van der Waals surface area contributed by atoms with Crippen molar-refractivity contribution in [3.8, 4) is 0 Å². The Hall–Kier alpha value is -0.370. The van der Waals surface area contributed by atoms with Gasteiger partial charge < -0.3 is 5.32 Å². The molecule has 1 aliphatic heterocycles. The number of carbonyl (C=O) groups excluding carboxylic acids is 1. The Morgan fingerprint density at radius 3 is 2.61 bits per heavy atom. The Bertz CT molecular complexity index is 341. The van der Waals surface area contributed by atoms with Gasteiger partial charge in [0.2, 0.25) is 0 Å². The van der Waals surface area contributed by atoms with Crippen LogP contribution in [0.1, 0.15) is 58.8 Å². The molecule has 2 nitrogen and oxygen atoms in total. The van der Waals surface area contributed by atoms with Crippen molar-refractivity contribution in [2.75, 3.05) is 13.1 Å². The maximum Gasteiger partial charge on any atom is 0.136 e. The fourth-order valence-electron chi connectivity index (χ4n) is 4.55. The summed E-state index contributed by atoms with van der Waals surface area (Å²) >= 11 is 0. The molecule has 0 amide bonds. The van der Waals surface area contributed by atoms with Crippen molar-refractivity contribution < 1.29 is 4.79 Å². The first kappa shape index (κ1) is 12.7. The van der Waals surface area contributed by atoms with Crippen LogP contribution in [0.25, 0.3) is 0 Å². The maximum atomic E-state index is 12.4. The summed E-state index contributed by atoms with van der Waals surface area (Å²) in [5.74, 6) is 1.62. The van der Waals surface area contributed by atoms with Crippen molar-refractivity contribution in [3.05, 3.63) is 0 Å². The zero-order valence-electron chi connectivity index (χ0n) is 11.9. The van der Waals surface area contributed by atoms with E-state index >= 15 is 0 Å². The van der Waals surface area contributed by atoms with E-state index in [-0.39, 0.29) is 0 Å². The SMILES string of the molecule is CC1(C)CNCC(CC(=O)C2CC23CCCC3)C1. The summed E-state index contributed by atoms with van der Waals surface area (Å²) in [5, 5.41) is 3.50. The molecule has 0 radical (unpaired) electrons. The first-order chi connectivity index (χ1) is 8.51. The van der Waals surface area contributed by atoms with E-state index in [1.54, 1.807) is 0 Å². The van der Waals surface area contributed by atoms with Crippen molar-refractivity contribution in [1.82, 2.24) is 5.32 Å². The van der Waals surface area contributed by atoms with E-state index in [1.807, 2.05) is 0 Å². The number of hydrogen-bond acceptors (Lipinski definition) is 2. The van der Waals surface area contributed by atoms with Gasteiger partial charge in [-0.25, -0.2) is 0 Å². The smallest absolute Gasteiger partial charge is 0.136 e. The monoisotopic (exact) mass is 249 g/mol. The number of Topliss-reactive ketones (excluding diaryl/α,β-unsaturated/α-hetero) is 1. The highest BCUT2D eigenvalue weighted by atomic mass is 16.1. The Morgan fingerprint density at radius 2 is 1.94 bits per heavy atom. The second-order valence-electron chi connectivity index (χ2n) is 7.86. The Labute approximate surface area is 111 Å². The molecule has 2 unspecified atom stereocenters. The summed E-state index contributed by atoms with van der Waals surface area (Å²) in [6.45, 7) is 6.78. The average Bonchev–Trinajstić information content (AvgIpc) is 2.76. The lowest BCUT2D eigenvalue weighted by Crippen LogP contribution is -2.42. The molecule has 102 valence electrons. The molecule has 0 aromatic rings. The normalized spacial score (nSPS) is 36.8. The third-order valence-corrected chi connectivity index (χ3v) is 5.55. The van der Waals surface area contributed by atoms with Crippen LogP contribution in [0.2, 0.25) is 0 Å². The molecule has 1 spiro atoms. The molecule has 1 N–H and O–H groups in total. The summed E-state index contributed by atoms with van der Waals surface area (Å²) < 4.78 is 0. The van der Waals surface area contributed by atoms with E-state index in [9.17, 15) is 4.79 Å². The van der Waals surface area contributed by atoms with Gasteiger partial charge in [-0.2, -0.15) is 0 Å². The molecule has 3 fully saturated rings. The summed E-state index contributed by atoms with van der Waals surface area (Å²) in [6, 6.07) is 0. The topological polar surface area (TPSA) is 29.1 Å². The molecule has 2 saturated carbocycles. The van der Waals surface area contributed by atoms with Crippen LogP contribution in [0.5, 0.6) is 0 Å². The lowest BCUT2D eigenvalue weighted by Gasteiger charge is -2.35. The lowest BCUT2D eigenvalue weighted by atomic mass is 9.77. The standard InChI is InChI=1S/C16H27NO/c1-15(2)8-12(10-17-11-15)7-14(18)13-9-16(13)5-3-4-6-16/h12-13,17H,3-11H2,1-2H3. The Kier molecular flexibility index (Phi) is 3.04. The number of carbonyl (C=O) groups is 1. The Balaban J connectivity index is 1.53. The molecule has 3 rings (SSSR count). The summed E-state index contributed by atoms with van der Waals surface area (Å²) in [7, 11) is 0. The predicted octanol–water partition coefficient (Wildman–Crippen LogP) is 3.16. The second-order valence-corrected chi connectivity index (χ2v) is 7.86. The summed E-state index contributed by atoms with van der Waals surface area (Å²) in [5.41, 5.74) is 0.868.